The largest absolute Gasteiger partial charge is 0.439 e. The van der Waals surface area contributed by atoms with E-state index < -0.39 is 0 Å². The molecule has 1 aromatic carbocycles. The molecule has 2 aromatic heterocycles. The van der Waals surface area contributed by atoms with Gasteiger partial charge in [0.05, 0.1) is 18.3 Å². The Morgan fingerprint density at radius 3 is 3.04 bits per heavy atom. The van der Waals surface area contributed by atoms with Gasteiger partial charge in [-0.1, -0.05) is 0 Å². The Balaban J connectivity index is 1.39. The molecule has 1 aliphatic heterocycles. The maximum absolute atomic E-state index is 13.3. The Labute approximate surface area is 145 Å². The van der Waals surface area contributed by atoms with Crippen LogP contribution in [0.4, 0.5) is 4.39 Å². The standard InChI is InChI=1S/C19H21FN4O/c20-12-7-8-17-15(10-12)21-18(25-17)11-24-9-3-6-16(24)19-22-13-4-1-2-5-14(13)23-19/h7-8,10,16H,1-6,9,11H2,(H,22,23)/t16-/m1/s1. The summed E-state index contributed by atoms with van der Waals surface area (Å²) < 4.78 is 19.1. The average Bonchev–Trinajstić information content (AvgIpc) is 3.31. The van der Waals surface area contributed by atoms with Gasteiger partial charge >= 0.3 is 0 Å². The molecular weight excluding hydrogens is 319 g/mol. The van der Waals surface area contributed by atoms with Crippen LogP contribution in [0.1, 0.15) is 54.8 Å². The van der Waals surface area contributed by atoms with E-state index in [-0.39, 0.29) is 11.9 Å². The molecule has 1 fully saturated rings. The Bertz CT molecular complexity index is 892. The first-order valence-electron chi connectivity index (χ1n) is 9.13. The Hall–Kier alpha value is -2.21. The lowest BCUT2D eigenvalue weighted by Crippen LogP contribution is -2.23. The van der Waals surface area contributed by atoms with Crippen molar-refractivity contribution in [2.75, 3.05) is 6.54 Å². The lowest BCUT2D eigenvalue weighted by Gasteiger charge is -2.21. The van der Waals surface area contributed by atoms with E-state index in [9.17, 15) is 4.39 Å². The number of H-pyrrole nitrogens is 1. The smallest absolute Gasteiger partial charge is 0.209 e. The fourth-order valence-corrected chi connectivity index (χ4v) is 4.15. The minimum Gasteiger partial charge on any atom is -0.439 e. The molecule has 5 nitrogen and oxygen atoms in total. The van der Waals surface area contributed by atoms with Gasteiger partial charge in [-0.15, -0.1) is 0 Å². The van der Waals surface area contributed by atoms with Crippen molar-refractivity contribution in [3.8, 4) is 0 Å². The van der Waals surface area contributed by atoms with Gasteiger partial charge in [0.25, 0.3) is 0 Å². The number of nitrogens with zero attached hydrogens (tertiary/aromatic N) is 3. The normalized spacial score (nSPS) is 21.1. The first-order valence-corrected chi connectivity index (χ1v) is 9.13. The minimum atomic E-state index is -0.285. The summed E-state index contributed by atoms with van der Waals surface area (Å²) in [5.74, 6) is 1.45. The van der Waals surface area contributed by atoms with E-state index in [1.54, 1.807) is 6.07 Å². The molecule has 0 unspecified atom stereocenters. The molecule has 2 aliphatic rings. The van der Waals surface area contributed by atoms with E-state index in [2.05, 4.69) is 14.9 Å². The molecule has 6 heteroatoms. The third-order valence-corrected chi connectivity index (χ3v) is 5.38. The van der Waals surface area contributed by atoms with Gasteiger partial charge < -0.3 is 9.40 Å². The number of nitrogens with one attached hydrogen (secondary N) is 1. The summed E-state index contributed by atoms with van der Waals surface area (Å²) >= 11 is 0. The highest BCUT2D eigenvalue weighted by atomic mass is 19.1. The summed E-state index contributed by atoms with van der Waals surface area (Å²) in [5, 5.41) is 0. The second kappa shape index (κ2) is 5.95. The second-order valence-electron chi connectivity index (χ2n) is 7.10. The number of imidazole rings is 1. The molecular formula is C19H21FN4O. The van der Waals surface area contributed by atoms with Gasteiger partial charge in [-0.05, 0) is 57.2 Å². The van der Waals surface area contributed by atoms with Crippen LogP contribution >= 0.6 is 0 Å². The maximum atomic E-state index is 13.3. The summed E-state index contributed by atoms with van der Waals surface area (Å²) in [6.07, 6.45) is 6.95. The van der Waals surface area contributed by atoms with Crippen LogP contribution in [-0.4, -0.2) is 26.4 Å². The van der Waals surface area contributed by atoms with Crippen molar-refractivity contribution >= 4 is 11.1 Å². The number of halogens is 1. The number of benzene rings is 1. The number of fused-ring (bicyclic) bond motifs is 2. The van der Waals surface area contributed by atoms with E-state index >= 15 is 0 Å². The van der Waals surface area contributed by atoms with Crippen molar-refractivity contribution in [2.24, 2.45) is 0 Å². The fraction of sp³-hybridized carbons (Fsp3) is 0.474. The molecule has 0 spiro atoms. The van der Waals surface area contributed by atoms with Gasteiger partial charge in [-0.25, -0.2) is 14.4 Å². The topological polar surface area (TPSA) is 58.0 Å². The van der Waals surface area contributed by atoms with E-state index in [1.807, 2.05) is 0 Å². The first-order chi connectivity index (χ1) is 12.3. The number of aromatic amines is 1. The van der Waals surface area contributed by atoms with Crippen LogP contribution in [0.3, 0.4) is 0 Å². The van der Waals surface area contributed by atoms with Gasteiger partial charge in [0, 0.05) is 11.8 Å². The minimum absolute atomic E-state index is 0.285. The van der Waals surface area contributed by atoms with Gasteiger partial charge in [0.2, 0.25) is 5.89 Å². The van der Waals surface area contributed by atoms with Gasteiger partial charge in [-0.3, -0.25) is 4.90 Å². The van der Waals surface area contributed by atoms with Crippen LogP contribution in [0.5, 0.6) is 0 Å². The number of aromatic nitrogens is 3. The SMILES string of the molecule is Fc1ccc2oc(CN3CCC[C@@H]3c3nc4c([nH]3)CCCC4)nc2c1. The lowest BCUT2D eigenvalue weighted by atomic mass is 10.0. The van der Waals surface area contributed by atoms with Gasteiger partial charge in [-0.2, -0.15) is 0 Å². The van der Waals surface area contributed by atoms with Crippen LogP contribution in [-0.2, 0) is 19.4 Å². The van der Waals surface area contributed by atoms with Crippen LogP contribution in [0, 0.1) is 5.82 Å². The van der Waals surface area contributed by atoms with Crippen LogP contribution in [0.25, 0.3) is 11.1 Å². The van der Waals surface area contributed by atoms with Crippen LogP contribution in [0.2, 0.25) is 0 Å². The lowest BCUT2D eigenvalue weighted by molar-refractivity contribution is 0.219. The highest BCUT2D eigenvalue weighted by Crippen LogP contribution is 2.33. The zero-order chi connectivity index (χ0) is 16.8. The molecule has 25 heavy (non-hydrogen) atoms. The highest BCUT2D eigenvalue weighted by Gasteiger charge is 2.30. The third-order valence-electron chi connectivity index (χ3n) is 5.38. The molecule has 130 valence electrons. The highest BCUT2D eigenvalue weighted by molar-refractivity contribution is 5.72. The molecule has 1 aliphatic carbocycles. The molecule has 0 saturated carbocycles. The fourth-order valence-electron chi connectivity index (χ4n) is 4.15. The Kier molecular flexibility index (Phi) is 3.59. The molecule has 1 saturated heterocycles. The number of rotatable bonds is 3. The molecule has 5 rings (SSSR count). The predicted octanol–water partition coefficient (Wildman–Crippen LogP) is 3.91. The van der Waals surface area contributed by atoms with Crippen LogP contribution < -0.4 is 0 Å². The molecule has 1 N–H and O–H groups in total. The van der Waals surface area contributed by atoms with E-state index in [1.165, 1.54) is 36.4 Å². The van der Waals surface area contributed by atoms with E-state index in [0.29, 0.717) is 23.5 Å². The number of hydrogen-bond acceptors (Lipinski definition) is 4. The number of oxazole rings is 1. The first kappa shape index (κ1) is 15.1. The van der Waals surface area contributed by atoms with Crippen molar-refractivity contribution in [3.05, 3.63) is 47.1 Å². The molecule has 3 aromatic rings. The van der Waals surface area contributed by atoms with Gasteiger partial charge in [0.1, 0.15) is 17.2 Å². The summed E-state index contributed by atoms with van der Waals surface area (Å²) in [7, 11) is 0. The molecule has 0 amide bonds. The summed E-state index contributed by atoms with van der Waals surface area (Å²) in [4.78, 5) is 15.3. The second-order valence-corrected chi connectivity index (χ2v) is 7.10. The van der Waals surface area contributed by atoms with E-state index in [4.69, 9.17) is 9.40 Å². The van der Waals surface area contributed by atoms with Crippen molar-refractivity contribution in [1.82, 2.24) is 19.9 Å². The summed E-state index contributed by atoms with van der Waals surface area (Å²) in [5.41, 5.74) is 3.80. The molecule has 1 atom stereocenters. The number of hydrogen-bond donors (Lipinski definition) is 1. The summed E-state index contributed by atoms with van der Waals surface area (Å²) in [6, 6.07) is 4.76. The monoisotopic (exact) mass is 340 g/mol. The van der Waals surface area contributed by atoms with Gasteiger partial charge in [0.15, 0.2) is 5.58 Å². The zero-order valence-corrected chi connectivity index (χ0v) is 14.1. The average molecular weight is 340 g/mol. The van der Waals surface area contributed by atoms with Crippen molar-refractivity contribution in [2.45, 2.75) is 51.1 Å². The van der Waals surface area contributed by atoms with Crippen LogP contribution in [0.15, 0.2) is 22.6 Å². The maximum Gasteiger partial charge on any atom is 0.209 e. The Morgan fingerprint density at radius 1 is 1.20 bits per heavy atom. The number of aryl methyl sites for hydroxylation is 2. The predicted molar refractivity (Wildman–Crippen MR) is 91.6 cm³/mol. The van der Waals surface area contributed by atoms with E-state index in [0.717, 1.165) is 38.1 Å². The molecule has 3 heterocycles. The Morgan fingerprint density at radius 2 is 2.12 bits per heavy atom. The molecule has 0 radical (unpaired) electrons. The summed E-state index contributed by atoms with van der Waals surface area (Å²) in [6.45, 7) is 1.63. The number of likely N-dealkylation sites (tertiary alicyclic amines) is 1. The van der Waals surface area contributed by atoms with Crippen molar-refractivity contribution in [3.63, 3.8) is 0 Å². The zero-order valence-electron chi connectivity index (χ0n) is 14.1. The third kappa shape index (κ3) is 2.74. The molecule has 0 bridgehead atoms. The van der Waals surface area contributed by atoms with Crippen molar-refractivity contribution < 1.29 is 8.81 Å². The van der Waals surface area contributed by atoms with Crippen molar-refractivity contribution in [1.29, 1.82) is 0 Å². The quantitative estimate of drug-likeness (QED) is 0.785.